The van der Waals surface area contributed by atoms with Crippen LogP contribution in [0.25, 0.3) is 0 Å². The Morgan fingerprint density at radius 2 is 2.07 bits per heavy atom. The van der Waals surface area contributed by atoms with Crippen LogP contribution >= 0.6 is 0 Å². The Hall–Kier alpha value is -0.120. The molecule has 0 aromatic rings. The molecule has 2 aliphatic heterocycles. The van der Waals surface area contributed by atoms with Gasteiger partial charge in [0.25, 0.3) is 0 Å². The first-order valence-corrected chi connectivity index (χ1v) is 5.76. The molecule has 1 atom stereocenters. The lowest BCUT2D eigenvalue weighted by molar-refractivity contribution is -0.0334. The third-order valence-corrected chi connectivity index (χ3v) is 3.93. The molecule has 0 saturated carbocycles. The predicted octanol–water partition coefficient (Wildman–Crippen LogP) is 0.395. The zero-order valence-electron chi connectivity index (χ0n) is 9.37. The van der Waals surface area contributed by atoms with Crippen LogP contribution in [0, 0.1) is 5.41 Å². The molecule has 3 heteroatoms. The molecule has 2 saturated heterocycles. The maximum absolute atomic E-state index is 9.05. The van der Waals surface area contributed by atoms with E-state index in [4.69, 9.17) is 5.11 Å². The zero-order chi connectivity index (χ0) is 10.2. The van der Waals surface area contributed by atoms with Crippen LogP contribution in [-0.2, 0) is 0 Å². The van der Waals surface area contributed by atoms with E-state index in [9.17, 15) is 0 Å². The van der Waals surface area contributed by atoms with Gasteiger partial charge in [-0.25, -0.2) is 0 Å². The summed E-state index contributed by atoms with van der Waals surface area (Å²) in [6.07, 6.45) is 1.36. The van der Waals surface area contributed by atoms with Gasteiger partial charge in [0.05, 0.1) is 6.61 Å². The molecular weight excluding hydrogens is 176 g/mol. The predicted molar refractivity (Wildman–Crippen MR) is 57.3 cm³/mol. The lowest BCUT2D eigenvalue weighted by Crippen LogP contribution is -2.60. The minimum Gasteiger partial charge on any atom is -0.395 e. The van der Waals surface area contributed by atoms with Gasteiger partial charge in [-0.1, -0.05) is 6.92 Å². The maximum Gasteiger partial charge on any atom is 0.0584 e. The Morgan fingerprint density at radius 3 is 2.57 bits per heavy atom. The lowest BCUT2D eigenvalue weighted by atomic mass is 9.78. The van der Waals surface area contributed by atoms with E-state index in [1.807, 2.05) is 0 Å². The number of aliphatic hydroxyl groups is 1. The topological polar surface area (TPSA) is 26.7 Å². The van der Waals surface area contributed by atoms with Crippen LogP contribution in [0.5, 0.6) is 0 Å². The fraction of sp³-hybridized carbons (Fsp3) is 1.00. The van der Waals surface area contributed by atoms with E-state index in [1.54, 1.807) is 0 Å². The van der Waals surface area contributed by atoms with Gasteiger partial charge in [0.1, 0.15) is 0 Å². The third-order valence-electron chi connectivity index (χ3n) is 3.93. The van der Waals surface area contributed by atoms with Crippen molar-refractivity contribution in [3.63, 3.8) is 0 Å². The molecule has 2 heterocycles. The molecule has 0 bridgehead atoms. The molecule has 2 aliphatic rings. The van der Waals surface area contributed by atoms with Crippen molar-refractivity contribution in [2.24, 2.45) is 5.41 Å². The Balaban J connectivity index is 1.81. The Morgan fingerprint density at radius 1 is 1.36 bits per heavy atom. The number of rotatable bonds is 3. The van der Waals surface area contributed by atoms with Crippen LogP contribution in [0.4, 0.5) is 0 Å². The minimum absolute atomic E-state index is 0.299. The minimum atomic E-state index is 0.299. The number of likely N-dealkylation sites (tertiary alicyclic amines) is 2. The summed E-state index contributed by atoms with van der Waals surface area (Å²) in [6.45, 7) is 10.8. The number of hydrogen-bond acceptors (Lipinski definition) is 3. The highest BCUT2D eigenvalue weighted by atomic mass is 16.3. The highest BCUT2D eigenvalue weighted by molar-refractivity contribution is 5.02. The molecule has 14 heavy (non-hydrogen) atoms. The first kappa shape index (κ1) is 10.4. The van der Waals surface area contributed by atoms with Crippen molar-refractivity contribution >= 4 is 0 Å². The van der Waals surface area contributed by atoms with Crippen LogP contribution in [-0.4, -0.2) is 60.3 Å². The number of nitrogens with zero attached hydrogens (tertiary/aromatic N) is 2. The highest BCUT2D eigenvalue weighted by Gasteiger charge is 2.47. The standard InChI is InChI=1S/C11H22N2O/c1-3-12-5-4-11(7-12)8-13(9-11)10(2)6-14/h10,14H,3-9H2,1-2H3. The van der Waals surface area contributed by atoms with E-state index in [1.165, 1.54) is 39.1 Å². The van der Waals surface area contributed by atoms with Crippen LogP contribution in [0.15, 0.2) is 0 Å². The van der Waals surface area contributed by atoms with Crippen molar-refractivity contribution in [3.05, 3.63) is 0 Å². The van der Waals surface area contributed by atoms with E-state index in [2.05, 4.69) is 23.6 Å². The summed E-state index contributed by atoms with van der Waals surface area (Å²) in [6, 6.07) is 0.358. The van der Waals surface area contributed by atoms with E-state index < -0.39 is 0 Å². The van der Waals surface area contributed by atoms with E-state index >= 15 is 0 Å². The van der Waals surface area contributed by atoms with Crippen LogP contribution in [0.1, 0.15) is 20.3 Å². The molecule has 0 aliphatic carbocycles. The molecule has 3 nitrogen and oxygen atoms in total. The number of aliphatic hydroxyl groups excluding tert-OH is 1. The fourth-order valence-corrected chi connectivity index (χ4v) is 2.80. The summed E-state index contributed by atoms with van der Waals surface area (Å²) >= 11 is 0. The molecule has 0 aromatic carbocycles. The third kappa shape index (κ3) is 1.69. The molecule has 0 radical (unpaired) electrons. The SMILES string of the molecule is CCN1CCC2(C1)CN(C(C)CO)C2. The van der Waals surface area contributed by atoms with E-state index in [0.717, 1.165) is 0 Å². The normalized spacial score (nSPS) is 29.4. The van der Waals surface area contributed by atoms with Gasteiger partial charge in [0, 0.05) is 31.1 Å². The van der Waals surface area contributed by atoms with Crippen molar-refractivity contribution < 1.29 is 5.11 Å². The molecule has 2 fully saturated rings. The first-order valence-electron chi connectivity index (χ1n) is 5.76. The quantitative estimate of drug-likeness (QED) is 0.711. The molecule has 82 valence electrons. The summed E-state index contributed by atoms with van der Waals surface area (Å²) in [5.41, 5.74) is 0.583. The summed E-state index contributed by atoms with van der Waals surface area (Å²) in [5, 5.41) is 9.05. The average molecular weight is 198 g/mol. The Labute approximate surface area is 86.7 Å². The van der Waals surface area contributed by atoms with Crippen LogP contribution in [0.3, 0.4) is 0 Å². The zero-order valence-corrected chi connectivity index (χ0v) is 9.37. The van der Waals surface area contributed by atoms with Crippen molar-refractivity contribution in [1.29, 1.82) is 0 Å². The summed E-state index contributed by atoms with van der Waals surface area (Å²) in [5.74, 6) is 0. The second-order valence-electron chi connectivity index (χ2n) is 5.06. The van der Waals surface area contributed by atoms with Crippen LogP contribution < -0.4 is 0 Å². The summed E-state index contributed by atoms with van der Waals surface area (Å²) < 4.78 is 0. The first-order chi connectivity index (χ1) is 6.69. The van der Waals surface area contributed by atoms with Gasteiger partial charge in [-0.2, -0.15) is 0 Å². The summed E-state index contributed by atoms with van der Waals surface area (Å²) in [4.78, 5) is 4.94. The van der Waals surface area contributed by atoms with Crippen molar-refractivity contribution in [1.82, 2.24) is 9.80 Å². The lowest BCUT2D eigenvalue weighted by Gasteiger charge is -2.50. The van der Waals surface area contributed by atoms with Crippen molar-refractivity contribution in [2.45, 2.75) is 26.3 Å². The Bertz CT molecular complexity index is 201. The van der Waals surface area contributed by atoms with Crippen molar-refractivity contribution in [3.8, 4) is 0 Å². The molecular formula is C11H22N2O. The number of hydrogen-bond donors (Lipinski definition) is 1. The largest absolute Gasteiger partial charge is 0.395 e. The van der Waals surface area contributed by atoms with E-state index in [-0.39, 0.29) is 0 Å². The van der Waals surface area contributed by atoms with Gasteiger partial charge < -0.3 is 10.0 Å². The molecule has 1 N–H and O–H groups in total. The van der Waals surface area contributed by atoms with Gasteiger partial charge in [-0.3, -0.25) is 4.90 Å². The van der Waals surface area contributed by atoms with Gasteiger partial charge in [-0.15, -0.1) is 0 Å². The van der Waals surface area contributed by atoms with Gasteiger partial charge in [-0.05, 0) is 26.4 Å². The molecule has 0 aromatic heterocycles. The summed E-state index contributed by atoms with van der Waals surface area (Å²) in [7, 11) is 0. The molecule has 1 spiro atoms. The van der Waals surface area contributed by atoms with Gasteiger partial charge in [0.15, 0.2) is 0 Å². The highest BCUT2D eigenvalue weighted by Crippen LogP contribution is 2.40. The van der Waals surface area contributed by atoms with Crippen molar-refractivity contribution in [2.75, 3.05) is 39.3 Å². The fourth-order valence-electron chi connectivity index (χ4n) is 2.80. The smallest absolute Gasteiger partial charge is 0.0584 e. The monoisotopic (exact) mass is 198 g/mol. The Kier molecular flexibility index (Phi) is 2.82. The van der Waals surface area contributed by atoms with Crippen LogP contribution in [0.2, 0.25) is 0 Å². The molecule has 0 amide bonds. The second kappa shape index (κ2) is 3.80. The van der Waals surface area contributed by atoms with Gasteiger partial charge >= 0.3 is 0 Å². The second-order valence-corrected chi connectivity index (χ2v) is 5.06. The maximum atomic E-state index is 9.05. The molecule has 1 unspecified atom stereocenters. The van der Waals surface area contributed by atoms with E-state index in [0.29, 0.717) is 18.1 Å². The molecule has 2 rings (SSSR count). The average Bonchev–Trinajstić information content (AvgIpc) is 2.58. The van der Waals surface area contributed by atoms with Gasteiger partial charge in [0.2, 0.25) is 0 Å².